The maximum absolute atomic E-state index is 12.5. The Morgan fingerprint density at radius 2 is 1.88 bits per heavy atom. The van der Waals surface area contributed by atoms with Crippen LogP contribution < -0.4 is 10.6 Å². The first-order valence-electron chi connectivity index (χ1n) is 12.5. The van der Waals surface area contributed by atoms with E-state index in [9.17, 15) is 29.4 Å². The van der Waals surface area contributed by atoms with Gasteiger partial charge in [-0.3, -0.25) is 19.7 Å². The number of carbonyl (C=O) groups excluding carboxylic acids is 4. The summed E-state index contributed by atoms with van der Waals surface area (Å²) in [5, 5.41) is 26.8. The largest absolute Gasteiger partial charge is 0.456 e. The van der Waals surface area contributed by atoms with Crippen LogP contribution in [-0.2, 0) is 33.3 Å². The van der Waals surface area contributed by atoms with Crippen LogP contribution in [0.2, 0.25) is 0 Å². The van der Waals surface area contributed by atoms with Crippen LogP contribution in [0.1, 0.15) is 46.4 Å². The highest BCUT2D eigenvalue weighted by molar-refractivity contribution is 6.14. The number of ether oxygens (including phenoxy) is 4. The van der Waals surface area contributed by atoms with Crippen molar-refractivity contribution in [3.63, 3.8) is 0 Å². The van der Waals surface area contributed by atoms with E-state index in [1.54, 1.807) is 27.7 Å². The van der Waals surface area contributed by atoms with Gasteiger partial charge in [0.1, 0.15) is 29.5 Å². The molecule has 2 aliphatic rings. The van der Waals surface area contributed by atoms with Gasteiger partial charge in [0.25, 0.3) is 5.91 Å². The summed E-state index contributed by atoms with van der Waals surface area (Å²) in [6.07, 6.45) is -0.752. The lowest BCUT2D eigenvalue weighted by Crippen LogP contribution is -2.47. The fourth-order valence-corrected chi connectivity index (χ4v) is 4.32. The first kappa shape index (κ1) is 28.9. The van der Waals surface area contributed by atoms with Crippen LogP contribution in [0.4, 0.5) is 10.6 Å². The number of rotatable bonds is 8. The molecule has 4 N–H and O–H groups in total. The second kappa shape index (κ2) is 11.2. The standard InChI is InChI=1S/C25H31N5O10/c1-11(2)21(33)37-10-38-24(35)28-14-6-16(32)29-19-17-13(14)7-30(20(17)27-9-26-19)23-25(5,36)18(15(8-31)39-23)40-22(34)12(3)4/h6-7,9,11-12,15,18,23,31,36H,8,10H2,1-5H3,(H,28,35)(H,26,27,29,32)/t15-,18-,23-,25?/m1/s1. The third-order valence-corrected chi connectivity index (χ3v) is 6.38. The summed E-state index contributed by atoms with van der Waals surface area (Å²) in [7, 11) is 0. The van der Waals surface area contributed by atoms with Gasteiger partial charge in [-0.1, -0.05) is 27.7 Å². The number of carbonyl (C=O) groups is 4. The molecule has 1 unspecified atom stereocenters. The van der Waals surface area contributed by atoms with Crippen molar-refractivity contribution in [3.8, 4) is 0 Å². The lowest BCUT2D eigenvalue weighted by molar-refractivity contribution is -0.167. The van der Waals surface area contributed by atoms with Crippen molar-refractivity contribution in [2.45, 2.75) is 58.7 Å². The smallest absolute Gasteiger partial charge is 0.414 e. The molecule has 0 saturated carbocycles. The molecule has 2 aromatic heterocycles. The summed E-state index contributed by atoms with van der Waals surface area (Å²) in [6, 6.07) is 0. The SMILES string of the molecule is CC(C)C(=O)OCOC(=O)NC1=CC(=O)Nc2ncnc3c2c1cn3[C@@H]1O[C@H](CO)[C@@H](OC(=O)C(C)C)C1(C)O. The van der Waals surface area contributed by atoms with Gasteiger partial charge in [-0.05, 0) is 6.92 Å². The van der Waals surface area contributed by atoms with Gasteiger partial charge in [-0.15, -0.1) is 0 Å². The first-order valence-corrected chi connectivity index (χ1v) is 12.5. The summed E-state index contributed by atoms with van der Waals surface area (Å²) < 4.78 is 22.7. The number of anilines is 1. The van der Waals surface area contributed by atoms with Gasteiger partial charge < -0.3 is 39.0 Å². The monoisotopic (exact) mass is 561 g/mol. The van der Waals surface area contributed by atoms with E-state index in [2.05, 4.69) is 20.6 Å². The quantitative estimate of drug-likeness (QED) is 0.261. The molecule has 15 nitrogen and oxygen atoms in total. The summed E-state index contributed by atoms with van der Waals surface area (Å²) in [5.74, 6) is -2.53. The van der Waals surface area contributed by atoms with Crippen LogP contribution in [0.15, 0.2) is 18.6 Å². The number of hydrogen-bond donors (Lipinski definition) is 4. The van der Waals surface area contributed by atoms with E-state index in [1.807, 2.05) is 0 Å². The predicted molar refractivity (Wildman–Crippen MR) is 136 cm³/mol. The number of alkyl carbamates (subject to hydrolysis) is 1. The third-order valence-electron chi connectivity index (χ3n) is 6.38. The first-order chi connectivity index (χ1) is 18.8. The number of nitrogens with zero attached hydrogens (tertiary/aromatic N) is 3. The maximum atomic E-state index is 12.5. The molecule has 40 heavy (non-hydrogen) atoms. The van der Waals surface area contributed by atoms with Crippen molar-refractivity contribution in [1.82, 2.24) is 19.9 Å². The minimum Gasteiger partial charge on any atom is -0.456 e. The summed E-state index contributed by atoms with van der Waals surface area (Å²) >= 11 is 0. The molecule has 216 valence electrons. The number of aliphatic hydroxyl groups is 2. The zero-order valence-corrected chi connectivity index (χ0v) is 22.5. The molecule has 1 fully saturated rings. The molecular formula is C25H31N5O10. The van der Waals surface area contributed by atoms with Crippen molar-refractivity contribution < 1.29 is 48.3 Å². The topological polar surface area (TPSA) is 200 Å². The third kappa shape index (κ3) is 5.48. The predicted octanol–water partition coefficient (Wildman–Crippen LogP) is 0.816. The molecule has 2 aromatic rings. The zero-order valence-electron chi connectivity index (χ0n) is 22.5. The average Bonchev–Trinajstić information content (AvgIpc) is 3.33. The number of nitrogens with one attached hydrogen (secondary N) is 2. The Morgan fingerprint density at radius 1 is 1.18 bits per heavy atom. The van der Waals surface area contributed by atoms with Crippen LogP contribution in [0.3, 0.4) is 0 Å². The molecule has 1 saturated heterocycles. The summed E-state index contributed by atoms with van der Waals surface area (Å²) in [4.78, 5) is 57.4. The molecule has 4 heterocycles. The fraction of sp³-hybridized carbons (Fsp3) is 0.520. The molecule has 0 bridgehead atoms. The average molecular weight is 562 g/mol. The number of aromatic nitrogens is 3. The van der Waals surface area contributed by atoms with Gasteiger partial charge in [0.15, 0.2) is 12.3 Å². The molecule has 2 aliphatic heterocycles. The molecule has 0 radical (unpaired) electrons. The van der Waals surface area contributed by atoms with Crippen molar-refractivity contribution in [2.75, 3.05) is 18.7 Å². The number of hydrogen-bond acceptors (Lipinski definition) is 12. The number of esters is 2. The van der Waals surface area contributed by atoms with Crippen LogP contribution in [-0.4, -0.2) is 79.9 Å². The minimum absolute atomic E-state index is 0.00544. The van der Waals surface area contributed by atoms with E-state index >= 15 is 0 Å². The van der Waals surface area contributed by atoms with Crippen molar-refractivity contribution in [3.05, 3.63) is 24.2 Å². The van der Waals surface area contributed by atoms with E-state index in [0.29, 0.717) is 5.39 Å². The van der Waals surface area contributed by atoms with Gasteiger partial charge in [0, 0.05) is 17.8 Å². The van der Waals surface area contributed by atoms with Gasteiger partial charge in [-0.25, -0.2) is 14.8 Å². The Bertz CT molecular complexity index is 1370. The molecule has 2 amide bonds. The maximum Gasteiger partial charge on any atom is 0.414 e. The highest BCUT2D eigenvalue weighted by Gasteiger charge is 2.56. The summed E-state index contributed by atoms with van der Waals surface area (Å²) in [5.41, 5.74) is -1.38. The van der Waals surface area contributed by atoms with Crippen molar-refractivity contribution in [2.24, 2.45) is 11.8 Å². The normalized spacial score (nSPS) is 24.0. The Labute approximate surface area is 228 Å². The molecule has 0 aromatic carbocycles. The molecule has 0 aliphatic carbocycles. The van der Waals surface area contributed by atoms with Crippen LogP contribution in [0.25, 0.3) is 16.7 Å². The lowest BCUT2D eigenvalue weighted by Gasteiger charge is -2.30. The van der Waals surface area contributed by atoms with Crippen molar-refractivity contribution in [1.29, 1.82) is 0 Å². The highest BCUT2D eigenvalue weighted by atomic mass is 16.7. The van der Waals surface area contributed by atoms with Crippen LogP contribution in [0.5, 0.6) is 0 Å². The minimum atomic E-state index is -1.84. The Balaban J connectivity index is 1.68. The van der Waals surface area contributed by atoms with E-state index in [0.717, 1.165) is 6.08 Å². The summed E-state index contributed by atoms with van der Waals surface area (Å²) in [6.45, 7) is 6.72. The van der Waals surface area contributed by atoms with E-state index in [1.165, 1.54) is 24.0 Å². The zero-order chi connectivity index (χ0) is 29.4. The highest BCUT2D eigenvalue weighted by Crippen LogP contribution is 2.43. The molecule has 4 rings (SSSR count). The Hall–Kier alpha value is -4.08. The van der Waals surface area contributed by atoms with E-state index in [-0.39, 0.29) is 22.7 Å². The van der Waals surface area contributed by atoms with Gasteiger partial charge >= 0.3 is 18.0 Å². The van der Waals surface area contributed by atoms with E-state index in [4.69, 9.17) is 18.9 Å². The van der Waals surface area contributed by atoms with Crippen molar-refractivity contribution >= 4 is 46.5 Å². The van der Waals surface area contributed by atoms with Gasteiger partial charge in [0.05, 0.1) is 29.5 Å². The molecular weight excluding hydrogens is 530 g/mol. The van der Waals surface area contributed by atoms with E-state index < -0.39 is 73.2 Å². The number of amides is 2. The van der Waals surface area contributed by atoms with Crippen LogP contribution >= 0.6 is 0 Å². The Kier molecular flexibility index (Phi) is 8.09. The van der Waals surface area contributed by atoms with Gasteiger partial charge in [0.2, 0.25) is 6.79 Å². The lowest BCUT2D eigenvalue weighted by atomic mass is 9.96. The van der Waals surface area contributed by atoms with Crippen LogP contribution in [0, 0.1) is 11.8 Å². The number of aliphatic hydroxyl groups excluding tert-OH is 1. The second-order valence-electron chi connectivity index (χ2n) is 10.2. The van der Waals surface area contributed by atoms with Gasteiger partial charge in [-0.2, -0.15) is 0 Å². The Morgan fingerprint density at radius 3 is 2.52 bits per heavy atom. The molecule has 4 atom stereocenters. The fourth-order valence-electron chi connectivity index (χ4n) is 4.32. The molecule has 0 spiro atoms. The molecule has 15 heteroatoms. The second-order valence-corrected chi connectivity index (χ2v) is 10.2.